The van der Waals surface area contributed by atoms with Crippen LogP contribution in [0.1, 0.15) is 39.0 Å². The maximum atomic E-state index is 11.9. The molecule has 0 aromatic carbocycles. The zero-order valence-electron chi connectivity index (χ0n) is 9.61. The molecule has 1 amide bonds. The van der Waals surface area contributed by atoms with Crippen molar-refractivity contribution >= 4 is 5.91 Å². The molecule has 3 nitrogen and oxygen atoms in total. The van der Waals surface area contributed by atoms with Gasteiger partial charge in [0.25, 0.3) is 0 Å². The van der Waals surface area contributed by atoms with Gasteiger partial charge in [-0.25, -0.2) is 0 Å². The lowest BCUT2D eigenvalue weighted by Gasteiger charge is -2.36. The van der Waals surface area contributed by atoms with E-state index >= 15 is 0 Å². The predicted molar refractivity (Wildman–Crippen MR) is 60.3 cm³/mol. The second-order valence-corrected chi connectivity index (χ2v) is 5.27. The van der Waals surface area contributed by atoms with Crippen LogP contribution < -0.4 is 5.73 Å². The molecule has 2 fully saturated rings. The van der Waals surface area contributed by atoms with Gasteiger partial charge in [-0.15, -0.1) is 0 Å². The van der Waals surface area contributed by atoms with Crippen LogP contribution in [-0.4, -0.2) is 29.9 Å². The van der Waals surface area contributed by atoms with Gasteiger partial charge in [0.05, 0.1) is 0 Å². The molecule has 1 heterocycles. The van der Waals surface area contributed by atoms with Gasteiger partial charge in [0.1, 0.15) is 0 Å². The molecule has 2 atom stereocenters. The Labute approximate surface area is 92.0 Å². The molecular formula is C12H22N2O. The number of carbonyl (C=O) groups is 1. The molecule has 0 spiro atoms. The van der Waals surface area contributed by atoms with E-state index in [1.165, 1.54) is 19.3 Å². The summed E-state index contributed by atoms with van der Waals surface area (Å²) < 4.78 is 0. The average molecular weight is 210 g/mol. The third-order valence-corrected chi connectivity index (χ3v) is 4.06. The van der Waals surface area contributed by atoms with Gasteiger partial charge in [0.15, 0.2) is 0 Å². The number of nitrogens with two attached hydrogens (primary N) is 1. The lowest BCUT2D eigenvalue weighted by Crippen LogP contribution is -2.50. The highest BCUT2D eigenvalue weighted by atomic mass is 16.2. The van der Waals surface area contributed by atoms with Gasteiger partial charge in [-0.1, -0.05) is 13.3 Å². The lowest BCUT2D eigenvalue weighted by molar-refractivity contribution is -0.134. The Bertz CT molecular complexity index is 238. The van der Waals surface area contributed by atoms with Crippen LogP contribution in [0.5, 0.6) is 0 Å². The number of likely N-dealkylation sites (tertiary alicyclic amines) is 1. The summed E-state index contributed by atoms with van der Waals surface area (Å²) >= 11 is 0. The second-order valence-electron chi connectivity index (χ2n) is 5.27. The quantitative estimate of drug-likeness (QED) is 0.748. The predicted octanol–water partition coefficient (Wildman–Crippen LogP) is 1.37. The SMILES string of the molecule is CC1CCN(C(=O)CC2CCC2)CC1N. The molecule has 0 aromatic rings. The number of piperidine rings is 1. The van der Waals surface area contributed by atoms with Crippen LogP contribution >= 0.6 is 0 Å². The smallest absolute Gasteiger partial charge is 0.222 e. The van der Waals surface area contributed by atoms with E-state index in [9.17, 15) is 4.79 Å². The monoisotopic (exact) mass is 210 g/mol. The second kappa shape index (κ2) is 4.52. The topological polar surface area (TPSA) is 46.3 Å². The van der Waals surface area contributed by atoms with Crippen molar-refractivity contribution in [2.24, 2.45) is 17.6 Å². The molecule has 1 saturated carbocycles. The van der Waals surface area contributed by atoms with Crippen molar-refractivity contribution in [3.63, 3.8) is 0 Å². The van der Waals surface area contributed by atoms with Gasteiger partial charge >= 0.3 is 0 Å². The van der Waals surface area contributed by atoms with Crippen molar-refractivity contribution < 1.29 is 4.79 Å². The molecule has 0 radical (unpaired) electrons. The molecule has 2 aliphatic rings. The van der Waals surface area contributed by atoms with Crippen LogP contribution in [0.2, 0.25) is 0 Å². The Morgan fingerprint density at radius 3 is 2.67 bits per heavy atom. The summed E-state index contributed by atoms with van der Waals surface area (Å²) in [6.07, 6.45) is 5.65. The van der Waals surface area contributed by atoms with E-state index in [0.717, 1.165) is 25.9 Å². The van der Waals surface area contributed by atoms with Crippen LogP contribution in [0.3, 0.4) is 0 Å². The van der Waals surface area contributed by atoms with Gasteiger partial charge in [-0.2, -0.15) is 0 Å². The van der Waals surface area contributed by atoms with Crippen LogP contribution in [-0.2, 0) is 4.79 Å². The van der Waals surface area contributed by atoms with Crippen LogP contribution in [0.25, 0.3) is 0 Å². The molecule has 0 bridgehead atoms. The largest absolute Gasteiger partial charge is 0.341 e. The Hall–Kier alpha value is -0.570. The molecule has 2 rings (SSSR count). The molecule has 1 saturated heterocycles. The molecule has 0 aromatic heterocycles. The van der Waals surface area contributed by atoms with Crippen molar-refractivity contribution in [2.75, 3.05) is 13.1 Å². The van der Waals surface area contributed by atoms with Crippen molar-refractivity contribution in [3.05, 3.63) is 0 Å². The van der Waals surface area contributed by atoms with Crippen molar-refractivity contribution in [2.45, 2.75) is 45.1 Å². The van der Waals surface area contributed by atoms with E-state index < -0.39 is 0 Å². The van der Waals surface area contributed by atoms with Gasteiger partial charge in [-0.3, -0.25) is 4.79 Å². The van der Waals surface area contributed by atoms with Crippen molar-refractivity contribution in [1.82, 2.24) is 4.90 Å². The molecular weight excluding hydrogens is 188 g/mol. The third kappa shape index (κ3) is 2.51. The number of nitrogens with zero attached hydrogens (tertiary/aromatic N) is 1. The first-order valence-electron chi connectivity index (χ1n) is 6.20. The summed E-state index contributed by atoms with van der Waals surface area (Å²) in [5.41, 5.74) is 5.99. The zero-order chi connectivity index (χ0) is 10.8. The van der Waals surface area contributed by atoms with Crippen molar-refractivity contribution in [1.29, 1.82) is 0 Å². The van der Waals surface area contributed by atoms with Gasteiger partial charge in [0, 0.05) is 25.6 Å². The van der Waals surface area contributed by atoms with Gasteiger partial charge in [0.2, 0.25) is 5.91 Å². The first-order chi connectivity index (χ1) is 7.16. The first kappa shape index (κ1) is 10.9. The number of hydrogen-bond donors (Lipinski definition) is 1. The fourth-order valence-corrected chi connectivity index (χ4v) is 2.40. The van der Waals surface area contributed by atoms with Crippen LogP contribution in [0.15, 0.2) is 0 Å². The highest BCUT2D eigenvalue weighted by molar-refractivity contribution is 5.76. The first-order valence-corrected chi connectivity index (χ1v) is 6.20. The summed E-state index contributed by atoms with van der Waals surface area (Å²) in [6.45, 7) is 3.87. The highest BCUT2D eigenvalue weighted by Crippen LogP contribution is 2.30. The summed E-state index contributed by atoms with van der Waals surface area (Å²) in [4.78, 5) is 13.9. The molecule has 1 aliphatic heterocycles. The number of hydrogen-bond acceptors (Lipinski definition) is 2. The van der Waals surface area contributed by atoms with E-state index in [1.807, 2.05) is 4.90 Å². The number of rotatable bonds is 2. The summed E-state index contributed by atoms with van der Waals surface area (Å²) in [5, 5.41) is 0. The van der Waals surface area contributed by atoms with E-state index in [2.05, 4.69) is 6.92 Å². The van der Waals surface area contributed by atoms with Crippen LogP contribution in [0, 0.1) is 11.8 Å². The average Bonchev–Trinajstić information content (AvgIpc) is 2.15. The molecule has 15 heavy (non-hydrogen) atoms. The lowest BCUT2D eigenvalue weighted by atomic mass is 9.82. The molecule has 86 valence electrons. The van der Waals surface area contributed by atoms with E-state index in [0.29, 0.717) is 17.7 Å². The summed E-state index contributed by atoms with van der Waals surface area (Å²) in [7, 11) is 0. The minimum Gasteiger partial charge on any atom is -0.341 e. The zero-order valence-corrected chi connectivity index (χ0v) is 9.61. The fourth-order valence-electron chi connectivity index (χ4n) is 2.40. The minimum atomic E-state index is 0.184. The molecule has 3 heteroatoms. The maximum absolute atomic E-state index is 11.9. The summed E-state index contributed by atoms with van der Waals surface area (Å²) in [6, 6.07) is 0.184. The summed E-state index contributed by atoms with van der Waals surface area (Å²) in [5.74, 6) is 1.58. The maximum Gasteiger partial charge on any atom is 0.222 e. The molecule has 2 unspecified atom stereocenters. The molecule has 1 aliphatic carbocycles. The highest BCUT2D eigenvalue weighted by Gasteiger charge is 2.28. The Morgan fingerprint density at radius 2 is 2.13 bits per heavy atom. The Kier molecular flexibility index (Phi) is 3.29. The fraction of sp³-hybridized carbons (Fsp3) is 0.917. The van der Waals surface area contributed by atoms with E-state index in [-0.39, 0.29) is 6.04 Å². The number of carbonyl (C=O) groups excluding carboxylic acids is 1. The van der Waals surface area contributed by atoms with Crippen molar-refractivity contribution in [3.8, 4) is 0 Å². The number of amides is 1. The van der Waals surface area contributed by atoms with E-state index in [1.54, 1.807) is 0 Å². The molecule has 2 N–H and O–H groups in total. The standard InChI is InChI=1S/C12H22N2O/c1-9-5-6-14(8-11(9)13)12(15)7-10-3-2-4-10/h9-11H,2-8,13H2,1H3. The van der Waals surface area contributed by atoms with Gasteiger partial charge < -0.3 is 10.6 Å². The van der Waals surface area contributed by atoms with Crippen LogP contribution in [0.4, 0.5) is 0 Å². The van der Waals surface area contributed by atoms with E-state index in [4.69, 9.17) is 5.73 Å². The van der Waals surface area contributed by atoms with Gasteiger partial charge in [-0.05, 0) is 31.1 Å². The Balaban J connectivity index is 1.79. The third-order valence-electron chi connectivity index (χ3n) is 4.06. The normalized spacial score (nSPS) is 32.5. The minimum absolute atomic E-state index is 0.184. The Morgan fingerprint density at radius 1 is 1.40 bits per heavy atom.